The van der Waals surface area contributed by atoms with E-state index in [0.717, 1.165) is 37.4 Å². The fraction of sp³-hybridized carbons (Fsp3) is 0.421. The zero-order valence-electron chi connectivity index (χ0n) is 15.2. The molecule has 134 valence electrons. The Balaban J connectivity index is 2.02. The van der Waals surface area contributed by atoms with Gasteiger partial charge in [0.25, 0.3) is 5.91 Å². The van der Waals surface area contributed by atoms with E-state index >= 15 is 0 Å². The van der Waals surface area contributed by atoms with Crippen LogP contribution < -0.4 is 10.1 Å². The standard InChI is InChI=1S/C19H26N4O2/c1-4-11-23(12-5-2)18(24)15-13-20-19(21-14-15)22-16-7-9-17(10-8-16)25-6-3/h7-10,13-14H,4-6,11-12H2,1-3H3,(H,20,21,22). The number of carbonyl (C=O) groups is 1. The summed E-state index contributed by atoms with van der Waals surface area (Å²) in [5.74, 6) is 1.26. The molecule has 0 fully saturated rings. The van der Waals surface area contributed by atoms with E-state index in [1.807, 2.05) is 36.1 Å². The lowest BCUT2D eigenvalue weighted by atomic mass is 10.2. The van der Waals surface area contributed by atoms with Crippen molar-refractivity contribution in [2.75, 3.05) is 25.0 Å². The largest absolute Gasteiger partial charge is 0.494 e. The molecule has 0 spiro atoms. The van der Waals surface area contributed by atoms with E-state index in [-0.39, 0.29) is 5.91 Å². The third-order valence-electron chi connectivity index (χ3n) is 3.59. The molecule has 0 saturated heterocycles. The highest BCUT2D eigenvalue weighted by Crippen LogP contribution is 2.18. The molecule has 0 unspecified atom stereocenters. The number of benzene rings is 1. The van der Waals surface area contributed by atoms with Crippen LogP contribution in [0.3, 0.4) is 0 Å². The van der Waals surface area contributed by atoms with E-state index in [4.69, 9.17) is 4.74 Å². The van der Waals surface area contributed by atoms with Crippen LogP contribution in [0.5, 0.6) is 5.75 Å². The van der Waals surface area contributed by atoms with Gasteiger partial charge in [-0.2, -0.15) is 0 Å². The van der Waals surface area contributed by atoms with Crippen LogP contribution in [0.15, 0.2) is 36.7 Å². The maximum absolute atomic E-state index is 12.5. The van der Waals surface area contributed by atoms with Crippen molar-refractivity contribution in [3.05, 3.63) is 42.2 Å². The molecular weight excluding hydrogens is 316 g/mol. The molecule has 25 heavy (non-hydrogen) atoms. The van der Waals surface area contributed by atoms with E-state index in [2.05, 4.69) is 29.1 Å². The highest BCUT2D eigenvalue weighted by atomic mass is 16.5. The average Bonchev–Trinajstić information content (AvgIpc) is 2.63. The van der Waals surface area contributed by atoms with Crippen molar-refractivity contribution >= 4 is 17.5 Å². The second kappa shape index (κ2) is 9.61. The van der Waals surface area contributed by atoms with E-state index in [1.54, 1.807) is 12.4 Å². The van der Waals surface area contributed by atoms with Crippen molar-refractivity contribution in [2.24, 2.45) is 0 Å². The molecular formula is C19H26N4O2. The topological polar surface area (TPSA) is 67.4 Å². The van der Waals surface area contributed by atoms with Gasteiger partial charge in [-0.3, -0.25) is 4.79 Å². The minimum Gasteiger partial charge on any atom is -0.494 e. The number of hydrogen-bond donors (Lipinski definition) is 1. The first-order valence-electron chi connectivity index (χ1n) is 8.79. The molecule has 6 nitrogen and oxygen atoms in total. The van der Waals surface area contributed by atoms with Gasteiger partial charge >= 0.3 is 0 Å². The van der Waals surface area contributed by atoms with Crippen LogP contribution in [-0.2, 0) is 0 Å². The Kier molecular flexibility index (Phi) is 7.19. The molecule has 1 heterocycles. The van der Waals surface area contributed by atoms with E-state index in [0.29, 0.717) is 18.1 Å². The Bertz CT molecular complexity index is 650. The Morgan fingerprint density at radius 2 is 1.64 bits per heavy atom. The van der Waals surface area contributed by atoms with Gasteiger partial charge in [0.15, 0.2) is 0 Å². The number of ether oxygens (including phenoxy) is 1. The molecule has 2 rings (SSSR count). The Hall–Kier alpha value is -2.63. The third-order valence-corrected chi connectivity index (χ3v) is 3.59. The molecule has 1 aromatic carbocycles. The molecule has 1 N–H and O–H groups in total. The molecule has 0 saturated carbocycles. The summed E-state index contributed by atoms with van der Waals surface area (Å²) in [5, 5.41) is 3.12. The van der Waals surface area contributed by atoms with Crippen LogP contribution in [0.4, 0.5) is 11.6 Å². The summed E-state index contributed by atoms with van der Waals surface area (Å²) in [7, 11) is 0. The lowest BCUT2D eigenvalue weighted by Crippen LogP contribution is -2.32. The minimum absolute atomic E-state index is 0.0173. The molecule has 0 bridgehead atoms. The second-order valence-electron chi connectivity index (χ2n) is 5.67. The van der Waals surface area contributed by atoms with Gasteiger partial charge < -0.3 is 15.0 Å². The fourth-order valence-electron chi connectivity index (χ4n) is 2.47. The number of nitrogens with one attached hydrogen (secondary N) is 1. The molecule has 0 aliphatic rings. The summed E-state index contributed by atoms with van der Waals surface area (Å²) < 4.78 is 5.41. The van der Waals surface area contributed by atoms with Crippen molar-refractivity contribution in [1.82, 2.24) is 14.9 Å². The average molecular weight is 342 g/mol. The lowest BCUT2D eigenvalue weighted by molar-refractivity contribution is 0.0754. The molecule has 0 aliphatic carbocycles. The number of nitrogens with zero attached hydrogens (tertiary/aromatic N) is 3. The summed E-state index contributed by atoms with van der Waals surface area (Å²) in [4.78, 5) is 22.9. The second-order valence-corrected chi connectivity index (χ2v) is 5.67. The molecule has 1 amide bonds. The molecule has 0 atom stereocenters. The zero-order valence-corrected chi connectivity index (χ0v) is 15.2. The van der Waals surface area contributed by atoms with E-state index in [1.165, 1.54) is 0 Å². The predicted octanol–water partition coefficient (Wildman–Crippen LogP) is 3.88. The SMILES string of the molecule is CCCN(CCC)C(=O)c1cnc(Nc2ccc(OCC)cc2)nc1. The normalized spacial score (nSPS) is 10.4. The van der Waals surface area contributed by atoms with Crippen molar-refractivity contribution in [3.8, 4) is 5.75 Å². The van der Waals surface area contributed by atoms with Crippen LogP contribution in [-0.4, -0.2) is 40.5 Å². The van der Waals surface area contributed by atoms with E-state index in [9.17, 15) is 4.79 Å². The quantitative estimate of drug-likeness (QED) is 0.749. The smallest absolute Gasteiger partial charge is 0.256 e. The van der Waals surface area contributed by atoms with Crippen molar-refractivity contribution in [3.63, 3.8) is 0 Å². The maximum Gasteiger partial charge on any atom is 0.256 e. The number of aromatic nitrogens is 2. The number of amides is 1. The summed E-state index contributed by atoms with van der Waals surface area (Å²) in [5.41, 5.74) is 1.38. The fourth-order valence-corrected chi connectivity index (χ4v) is 2.47. The van der Waals surface area contributed by atoms with Crippen molar-refractivity contribution in [1.29, 1.82) is 0 Å². The van der Waals surface area contributed by atoms with Gasteiger partial charge in [0, 0.05) is 31.2 Å². The summed E-state index contributed by atoms with van der Waals surface area (Å²) >= 11 is 0. The van der Waals surface area contributed by atoms with Gasteiger partial charge in [-0.05, 0) is 44.0 Å². The highest BCUT2D eigenvalue weighted by Gasteiger charge is 2.15. The number of anilines is 2. The van der Waals surface area contributed by atoms with E-state index < -0.39 is 0 Å². The van der Waals surface area contributed by atoms with Gasteiger partial charge in [-0.25, -0.2) is 9.97 Å². The van der Waals surface area contributed by atoms with Crippen molar-refractivity contribution < 1.29 is 9.53 Å². The van der Waals surface area contributed by atoms with Gasteiger partial charge in [0.1, 0.15) is 5.75 Å². The molecule has 1 aromatic heterocycles. The molecule has 0 aliphatic heterocycles. The lowest BCUT2D eigenvalue weighted by Gasteiger charge is -2.21. The molecule has 6 heteroatoms. The van der Waals surface area contributed by atoms with Crippen LogP contribution in [0.25, 0.3) is 0 Å². The number of carbonyl (C=O) groups excluding carboxylic acids is 1. The zero-order chi connectivity index (χ0) is 18.1. The minimum atomic E-state index is -0.0173. The van der Waals surface area contributed by atoms with Crippen LogP contribution in [0, 0.1) is 0 Å². The number of rotatable bonds is 9. The van der Waals surface area contributed by atoms with Gasteiger partial charge in [0.2, 0.25) is 5.95 Å². The Labute approximate surface area is 149 Å². The Morgan fingerprint density at radius 3 is 2.16 bits per heavy atom. The third kappa shape index (κ3) is 5.45. The highest BCUT2D eigenvalue weighted by molar-refractivity contribution is 5.93. The predicted molar refractivity (Wildman–Crippen MR) is 99.4 cm³/mol. The summed E-state index contributed by atoms with van der Waals surface area (Å²) in [6.45, 7) is 8.22. The Morgan fingerprint density at radius 1 is 1.04 bits per heavy atom. The number of hydrogen-bond acceptors (Lipinski definition) is 5. The molecule has 2 aromatic rings. The maximum atomic E-state index is 12.5. The summed E-state index contributed by atoms with van der Waals surface area (Å²) in [6, 6.07) is 7.57. The molecule has 0 radical (unpaired) electrons. The van der Waals surface area contributed by atoms with Crippen LogP contribution >= 0.6 is 0 Å². The summed E-state index contributed by atoms with van der Waals surface area (Å²) in [6.07, 6.45) is 5.02. The van der Waals surface area contributed by atoms with Crippen molar-refractivity contribution in [2.45, 2.75) is 33.6 Å². The monoisotopic (exact) mass is 342 g/mol. The first-order chi connectivity index (χ1) is 12.2. The first kappa shape index (κ1) is 18.7. The van der Waals surface area contributed by atoms with Crippen LogP contribution in [0.1, 0.15) is 44.0 Å². The van der Waals surface area contributed by atoms with Gasteiger partial charge in [0.05, 0.1) is 12.2 Å². The first-order valence-corrected chi connectivity index (χ1v) is 8.79. The van der Waals surface area contributed by atoms with Gasteiger partial charge in [-0.15, -0.1) is 0 Å². The van der Waals surface area contributed by atoms with Crippen LogP contribution in [0.2, 0.25) is 0 Å². The van der Waals surface area contributed by atoms with Gasteiger partial charge in [-0.1, -0.05) is 13.8 Å².